The summed E-state index contributed by atoms with van der Waals surface area (Å²) in [6.45, 7) is 2.93. The molecular weight excluding hydrogens is 206 g/mol. The number of alkyl halides is 1. The van der Waals surface area contributed by atoms with Gasteiger partial charge in [0.25, 0.3) is 0 Å². The lowest BCUT2D eigenvalue weighted by Gasteiger charge is -2.12. The Labute approximate surface area is 89.9 Å². The molecule has 0 fully saturated rings. The van der Waals surface area contributed by atoms with Crippen molar-refractivity contribution < 1.29 is 14.3 Å². The molecule has 0 heterocycles. The second kappa shape index (κ2) is 9.24. The van der Waals surface area contributed by atoms with Crippen molar-refractivity contribution in [3.8, 4) is 0 Å². The first kappa shape index (κ1) is 13.7. The highest BCUT2D eigenvalue weighted by molar-refractivity contribution is 6.17. The van der Waals surface area contributed by atoms with Crippen LogP contribution in [0.25, 0.3) is 0 Å². The quantitative estimate of drug-likeness (QED) is 0.489. The van der Waals surface area contributed by atoms with Crippen molar-refractivity contribution in [2.45, 2.75) is 19.4 Å². The maximum absolute atomic E-state index is 11.2. The highest BCUT2D eigenvalue weighted by Crippen LogP contribution is 1.92. The zero-order valence-corrected chi connectivity index (χ0v) is 9.47. The van der Waals surface area contributed by atoms with Crippen LogP contribution in [0.5, 0.6) is 0 Å². The fourth-order valence-electron chi connectivity index (χ4n) is 0.859. The number of halogens is 1. The van der Waals surface area contributed by atoms with Crippen LogP contribution in [0.4, 0.5) is 0 Å². The average Bonchev–Trinajstić information content (AvgIpc) is 2.13. The molecule has 0 aromatic rings. The normalized spacial score (nSPS) is 12.5. The first-order valence-corrected chi connectivity index (χ1v) is 5.16. The van der Waals surface area contributed by atoms with E-state index in [0.717, 1.165) is 6.42 Å². The second-order valence-electron chi connectivity index (χ2n) is 2.99. The minimum absolute atomic E-state index is 0.0794. The molecule has 0 bridgehead atoms. The van der Waals surface area contributed by atoms with Gasteiger partial charge in [0.05, 0.1) is 13.2 Å². The first-order chi connectivity index (χ1) is 6.70. The number of carbonyl (C=O) groups excluding carboxylic acids is 1. The van der Waals surface area contributed by atoms with E-state index >= 15 is 0 Å². The Hall–Kier alpha value is -0.320. The fourth-order valence-corrected chi connectivity index (χ4v) is 1.19. The van der Waals surface area contributed by atoms with E-state index in [1.54, 1.807) is 7.11 Å². The molecule has 0 aliphatic heterocycles. The van der Waals surface area contributed by atoms with Crippen LogP contribution < -0.4 is 5.32 Å². The van der Waals surface area contributed by atoms with Gasteiger partial charge in [-0.3, -0.25) is 4.79 Å². The molecule has 1 N–H and O–H groups in total. The van der Waals surface area contributed by atoms with Crippen LogP contribution >= 0.6 is 11.6 Å². The lowest BCUT2D eigenvalue weighted by Crippen LogP contribution is -2.35. The summed E-state index contributed by atoms with van der Waals surface area (Å²) in [4.78, 5) is 11.2. The van der Waals surface area contributed by atoms with Crippen LogP contribution in [0, 0.1) is 0 Å². The number of hydrogen-bond acceptors (Lipinski definition) is 3. The Kier molecular flexibility index (Phi) is 9.03. The van der Waals surface area contributed by atoms with Gasteiger partial charge in [-0.15, -0.1) is 11.6 Å². The Morgan fingerprint density at radius 1 is 1.50 bits per heavy atom. The topological polar surface area (TPSA) is 47.6 Å². The van der Waals surface area contributed by atoms with Gasteiger partial charge in [0.2, 0.25) is 5.91 Å². The van der Waals surface area contributed by atoms with Crippen molar-refractivity contribution >= 4 is 17.5 Å². The predicted molar refractivity (Wildman–Crippen MR) is 55.6 cm³/mol. The lowest BCUT2D eigenvalue weighted by molar-refractivity contribution is -0.126. The van der Waals surface area contributed by atoms with Gasteiger partial charge in [0.1, 0.15) is 6.61 Å². The average molecular weight is 224 g/mol. The summed E-state index contributed by atoms with van der Waals surface area (Å²) in [5, 5.41) is 2.77. The number of methoxy groups -OCH3 is 1. The van der Waals surface area contributed by atoms with Crippen LogP contribution in [0.15, 0.2) is 0 Å². The molecule has 0 saturated carbocycles. The summed E-state index contributed by atoms with van der Waals surface area (Å²) >= 11 is 5.53. The van der Waals surface area contributed by atoms with Crippen molar-refractivity contribution in [1.29, 1.82) is 0 Å². The zero-order valence-electron chi connectivity index (χ0n) is 8.72. The van der Waals surface area contributed by atoms with Crippen LogP contribution in [0.2, 0.25) is 0 Å². The van der Waals surface area contributed by atoms with E-state index in [9.17, 15) is 4.79 Å². The number of carbonyl (C=O) groups is 1. The smallest absolute Gasteiger partial charge is 0.246 e. The maximum Gasteiger partial charge on any atom is 0.246 e. The molecule has 4 nitrogen and oxygen atoms in total. The number of nitrogens with one attached hydrogen (secondary N) is 1. The summed E-state index contributed by atoms with van der Waals surface area (Å²) in [5.41, 5.74) is 0. The number of amides is 1. The van der Waals surface area contributed by atoms with Crippen LogP contribution in [0.3, 0.4) is 0 Å². The molecular formula is C9H18ClNO3. The minimum Gasteiger partial charge on any atom is -0.382 e. The second-order valence-corrected chi connectivity index (χ2v) is 3.37. The van der Waals surface area contributed by atoms with Crippen molar-refractivity contribution in [2.24, 2.45) is 0 Å². The molecule has 0 saturated heterocycles. The molecule has 0 rings (SSSR count). The van der Waals surface area contributed by atoms with Crippen LogP contribution in [-0.4, -0.2) is 44.8 Å². The van der Waals surface area contributed by atoms with Gasteiger partial charge < -0.3 is 14.8 Å². The van der Waals surface area contributed by atoms with Crippen LogP contribution in [0.1, 0.15) is 13.3 Å². The fraction of sp³-hybridized carbons (Fsp3) is 0.889. The number of hydrogen-bond donors (Lipinski definition) is 1. The third kappa shape index (κ3) is 8.29. The van der Waals surface area contributed by atoms with Gasteiger partial charge in [0, 0.05) is 19.0 Å². The summed E-state index contributed by atoms with van der Waals surface area (Å²) in [5.74, 6) is 0.435. The molecule has 1 atom stereocenters. The van der Waals surface area contributed by atoms with Gasteiger partial charge in [-0.1, -0.05) is 0 Å². The SMILES string of the molecule is COCCOCC(=O)NC(C)CCCl. The van der Waals surface area contributed by atoms with Crippen LogP contribution in [-0.2, 0) is 14.3 Å². The van der Waals surface area contributed by atoms with Crippen molar-refractivity contribution in [3.05, 3.63) is 0 Å². The Morgan fingerprint density at radius 3 is 2.79 bits per heavy atom. The highest BCUT2D eigenvalue weighted by Gasteiger charge is 2.05. The third-order valence-electron chi connectivity index (χ3n) is 1.61. The van der Waals surface area contributed by atoms with Gasteiger partial charge >= 0.3 is 0 Å². The van der Waals surface area contributed by atoms with Crippen molar-refractivity contribution in [1.82, 2.24) is 5.32 Å². The van der Waals surface area contributed by atoms with Gasteiger partial charge in [-0.05, 0) is 13.3 Å². The molecule has 0 aromatic carbocycles. The number of ether oxygens (including phenoxy) is 2. The molecule has 84 valence electrons. The minimum atomic E-state index is -0.112. The van der Waals surface area contributed by atoms with E-state index in [4.69, 9.17) is 21.1 Å². The highest BCUT2D eigenvalue weighted by atomic mass is 35.5. The lowest BCUT2D eigenvalue weighted by atomic mass is 10.2. The molecule has 1 amide bonds. The Morgan fingerprint density at radius 2 is 2.21 bits per heavy atom. The van der Waals surface area contributed by atoms with Crippen molar-refractivity contribution in [3.63, 3.8) is 0 Å². The van der Waals surface area contributed by atoms with Gasteiger partial charge in [-0.25, -0.2) is 0 Å². The van der Waals surface area contributed by atoms with E-state index in [1.807, 2.05) is 6.92 Å². The zero-order chi connectivity index (χ0) is 10.8. The first-order valence-electron chi connectivity index (χ1n) is 4.62. The van der Waals surface area contributed by atoms with E-state index < -0.39 is 0 Å². The Bertz CT molecular complexity index is 155. The Balaban J connectivity index is 3.35. The standard InChI is InChI=1S/C9H18ClNO3/c1-8(3-4-10)11-9(12)7-14-6-5-13-2/h8H,3-7H2,1-2H3,(H,11,12). The molecule has 0 radical (unpaired) electrons. The van der Waals surface area contributed by atoms with E-state index in [-0.39, 0.29) is 18.6 Å². The largest absolute Gasteiger partial charge is 0.382 e. The molecule has 0 aliphatic carbocycles. The number of rotatable bonds is 8. The van der Waals surface area contributed by atoms with E-state index in [2.05, 4.69) is 5.32 Å². The summed E-state index contributed by atoms with van der Waals surface area (Å²) in [7, 11) is 1.59. The monoisotopic (exact) mass is 223 g/mol. The molecule has 14 heavy (non-hydrogen) atoms. The molecule has 1 unspecified atom stereocenters. The summed E-state index contributed by atoms with van der Waals surface area (Å²) < 4.78 is 9.81. The summed E-state index contributed by atoms with van der Waals surface area (Å²) in [6, 6.07) is 0.103. The van der Waals surface area contributed by atoms with E-state index in [0.29, 0.717) is 19.1 Å². The molecule has 0 aliphatic rings. The summed E-state index contributed by atoms with van der Waals surface area (Å²) in [6.07, 6.45) is 0.769. The molecule has 0 aromatic heterocycles. The third-order valence-corrected chi connectivity index (χ3v) is 1.83. The maximum atomic E-state index is 11.2. The molecule has 0 spiro atoms. The van der Waals surface area contributed by atoms with E-state index in [1.165, 1.54) is 0 Å². The predicted octanol–water partition coefficient (Wildman–Crippen LogP) is 0.783. The van der Waals surface area contributed by atoms with Gasteiger partial charge in [0.15, 0.2) is 0 Å². The van der Waals surface area contributed by atoms with Gasteiger partial charge in [-0.2, -0.15) is 0 Å². The molecule has 5 heteroatoms. The van der Waals surface area contributed by atoms with Crippen molar-refractivity contribution in [2.75, 3.05) is 32.8 Å².